The monoisotopic (exact) mass is 461 g/mol. The van der Waals surface area contributed by atoms with Crippen LogP contribution in [0.2, 0.25) is 0 Å². The molecular formula is C25H27N5O4. The Morgan fingerprint density at radius 1 is 0.971 bits per heavy atom. The van der Waals surface area contributed by atoms with Crippen molar-refractivity contribution in [2.24, 2.45) is 7.05 Å². The molecule has 1 aromatic heterocycles. The number of hydrogen-bond donors (Lipinski definition) is 2. The number of hydrogen-bond acceptors (Lipinski definition) is 5. The molecule has 0 aliphatic heterocycles. The molecule has 2 aromatic carbocycles. The van der Waals surface area contributed by atoms with Crippen LogP contribution in [0, 0.1) is 0 Å². The molecule has 1 atom stereocenters. The fourth-order valence-corrected chi connectivity index (χ4v) is 3.32. The second kappa shape index (κ2) is 11.0. The Hall–Kier alpha value is -4.27. The molecule has 9 nitrogen and oxygen atoms in total. The number of aromatic nitrogens is 2. The Morgan fingerprint density at radius 3 is 2.21 bits per heavy atom. The van der Waals surface area contributed by atoms with Gasteiger partial charge in [0.1, 0.15) is 11.7 Å². The number of amides is 3. The molecule has 9 heteroatoms. The third-order valence-electron chi connectivity index (χ3n) is 5.15. The van der Waals surface area contributed by atoms with Gasteiger partial charge in [-0.05, 0) is 5.56 Å². The number of rotatable bonds is 9. The molecule has 0 aliphatic carbocycles. The third-order valence-corrected chi connectivity index (χ3v) is 5.15. The van der Waals surface area contributed by atoms with E-state index in [-0.39, 0.29) is 24.4 Å². The van der Waals surface area contributed by atoms with Crippen LogP contribution < -0.4 is 10.6 Å². The number of aryl methyl sites for hydroxylation is 1. The van der Waals surface area contributed by atoms with Crippen molar-refractivity contribution in [1.82, 2.24) is 25.3 Å². The molecule has 1 unspecified atom stereocenters. The highest BCUT2D eigenvalue weighted by atomic mass is 16.2. The van der Waals surface area contributed by atoms with E-state index in [2.05, 4.69) is 15.7 Å². The first-order valence-corrected chi connectivity index (χ1v) is 10.7. The molecule has 3 amide bonds. The molecule has 34 heavy (non-hydrogen) atoms. The van der Waals surface area contributed by atoms with Gasteiger partial charge in [-0.2, -0.15) is 5.10 Å². The van der Waals surface area contributed by atoms with Gasteiger partial charge in [0.15, 0.2) is 0 Å². The summed E-state index contributed by atoms with van der Waals surface area (Å²) in [6.07, 6.45) is 1.68. The minimum atomic E-state index is -1.13. The summed E-state index contributed by atoms with van der Waals surface area (Å²) in [5.74, 6) is -2.66. The number of nitrogens with one attached hydrogen (secondary N) is 2. The lowest BCUT2D eigenvalue weighted by Crippen LogP contribution is -2.50. The van der Waals surface area contributed by atoms with Crippen LogP contribution in [0.25, 0.3) is 11.3 Å². The maximum atomic E-state index is 13.2. The van der Waals surface area contributed by atoms with E-state index in [1.165, 1.54) is 9.58 Å². The van der Waals surface area contributed by atoms with Crippen molar-refractivity contribution in [3.63, 3.8) is 0 Å². The highest BCUT2D eigenvalue weighted by Gasteiger charge is 2.29. The Labute approximate surface area is 197 Å². The number of benzene rings is 2. The predicted octanol–water partition coefficient (Wildman–Crippen LogP) is 1.20. The van der Waals surface area contributed by atoms with Gasteiger partial charge in [0.25, 0.3) is 11.8 Å². The van der Waals surface area contributed by atoms with Crippen molar-refractivity contribution in [2.45, 2.75) is 12.5 Å². The smallest absolute Gasteiger partial charge is 0.290 e. The van der Waals surface area contributed by atoms with Crippen LogP contribution in [-0.4, -0.2) is 64.9 Å². The molecule has 0 radical (unpaired) electrons. The number of nitrogens with zero attached hydrogens (tertiary/aromatic N) is 3. The number of Topliss-reactive ketones (excluding diaryl/α,β-unsaturated/α-hetero) is 1. The van der Waals surface area contributed by atoms with Gasteiger partial charge in [-0.25, -0.2) is 0 Å². The van der Waals surface area contributed by atoms with Gasteiger partial charge < -0.3 is 15.5 Å². The van der Waals surface area contributed by atoms with Crippen LogP contribution >= 0.6 is 0 Å². The van der Waals surface area contributed by atoms with Crippen LogP contribution in [0.3, 0.4) is 0 Å². The van der Waals surface area contributed by atoms with E-state index in [4.69, 9.17) is 0 Å². The summed E-state index contributed by atoms with van der Waals surface area (Å²) in [5, 5.41) is 9.42. The van der Waals surface area contributed by atoms with Gasteiger partial charge in [0.2, 0.25) is 11.7 Å². The Kier molecular flexibility index (Phi) is 7.92. The van der Waals surface area contributed by atoms with Crippen molar-refractivity contribution in [3.05, 3.63) is 78.0 Å². The summed E-state index contributed by atoms with van der Waals surface area (Å²) in [6.45, 7) is -0.315. The fraction of sp³-hybridized carbons (Fsp3) is 0.240. The maximum Gasteiger partial charge on any atom is 0.290 e. The Bertz CT molecular complexity index is 1170. The predicted molar refractivity (Wildman–Crippen MR) is 127 cm³/mol. The SMILES string of the molecule is CN(C)C(=O)CNC(=O)C(=O)C(Cc1ccccc1)NC(=O)c1cn(C)nc1-c1ccccc1. The van der Waals surface area contributed by atoms with Gasteiger partial charge in [0.05, 0.1) is 12.1 Å². The molecular weight excluding hydrogens is 434 g/mol. The molecule has 0 saturated heterocycles. The zero-order valence-electron chi connectivity index (χ0n) is 19.3. The molecule has 0 saturated carbocycles. The molecule has 176 valence electrons. The van der Waals surface area contributed by atoms with Gasteiger partial charge in [-0.15, -0.1) is 0 Å². The summed E-state index contributed by atoms with van der Waals surface area (Å²) in [7, 11) is 4.80. The van der Waals surface area contributed by atoms with E-state index in [9.17, 15) is 19.2 Å². The number of ketones is 1. The zero-order chi connectivity index (χ0) is 24.7. The molecule has 3 rings (SSSR count). The lowest BCUT2D eigenvalue weighted by Gasteiger charge is -2.18. The summed E-state index contributed by atoms with van der Waals surface area (Å²) >= 11 is 0. The molecule has 0 bridgehead atoms. The highest BCUT2D eigenvalue weighted by molar-refractivity contribution is 6.38. The second-order valence-electron chi connectivity index (χ2n) is 7.98. The number of carbonyl (C=O) groups excluding carboxylic acids is 4. The van der Waals surface area contributed by atoms with Gasteiger partial charge in [-0.3, -0.25) is 23.9 Å². The largest absolute Gasteiger partial charge is 0.347 e. The second-order valence-corrected chi connectivity index (χ2v) is 7.98. The molecule has 3 aromatic rings. The minimum Gasteiger partial charge on any atom is -0.347 e. The first-order chi connectivity index (χ1) is 16.3. The van der Waals surface area contributed by atoms with Gasteiger partial charge >= 0.3 is 0 Å². The quantitative estimate of drug-likeness (QED) is 0.465. The van der Waals surface area contributed by atoms with Crippen LogP contribution in [0.15, 0.2) is 66.9 Å². The topological polar surface area (TPSA) is 113 Å². The van der Waals surface area contributed by atoms with E-state index in [0.29, 0.717) is 5.69 Å². The van der Waals surface area contributed by atoms with Crippen LogP contribution in [-0.2, 0) is 27.9 Å². The molecule has 0 spiro atoms. The average molecular weight is 462 g/mol. The van der Waals surface area contributed by atoms with Crippen molar-refractivity contribution >= 4 is 23.5 Å². The van der Waals surface area contributed by atoms with Crippen molar-refractivity contribution < 1.29 is 19.2 Å². The standard InChI is InChI=1S/C25H27N5O4/c1-29(2)21(31)15-26-25(34)23(32)20(14-17-10-6-4-7-11-17)27-24(33)19-16-30(3)28-22(19)18-12-8-5-9-13-18/h4-13,16,20H,14-15H2,1-3H3,(H,26,34)(H,27,33). The van der Waals surface area contributed by atoms with Crippen LogP contribution in [0.1, 0.15) is 15.9 Å². The summed E-state index contributed by atoms with van der Waals surface area (Å²) in [4.78, 5) is 51.8. The lowest BCUT2D eigenvalue weighted by atomic mass is 10.0. The van der Waals surface area contributed by atoms with E-state index in [1.807, 2.05) is 48.5 Å². The Balaban J connectivity index is 1.83. The van der Waals surface area contributed by atoms with Crippen molar-refractivity contribution in [1.29, 1.82) is 0 Å². The normalized spacial score (nSPS) is 11.4. The van der Waals surface area contributed by atoms with E-state index in [1.54, 1.807) is 39.5 Å². The average Bonchev–Trinajstić information content (AvgIpc) is 3.24. The third kappa shape index (κ3) is 6.16. The highest BCUT2D eigenvalue weighted by Crippen LogP contribution is 2.21. The van der Waals surface area contributed by atoms with Crippen LogP contribution in [0.4, 0.5) is 0 Å². The minimum absolute atomic E-state index is 0.112. The summed E-state index contributed by atoms with van der Waals surface area (Å²) < 4.78 is 1.52. The first-order valence-electron chi connectivity index (χ1n) is 10.7. The number of carbonyl (C=O) groups is 4. The zero-order valence-corrected chi connectivity index (χ0v) is 19.3. The molecule has 1 heterocycles. The molecule has 2 N–H and O–H groups in total. The molecule has 0 aliphatic rings. The maximum absolute atomic E-state index is 13.2. The fourth-order valence-electron chi connectivity index (χ4n) is 3.32. The number of likely N-dealkylation sites (N-methyl/N-ethyl adjacent to an activating group) is 1. The van der Waals surface area contributed by atoms with Crippen LogP contribution in [0.5, 0.6) is 0 Å². The van der Waals surface area contributed by atoms with E-state index in [0.717, 1.165) is 11.1 Å². The Morgan fingerprint density at radius 2 is 1.59 bits per heavy atom. The van der Waals surface area contributed by atoms with Gasteiger partial charge in [-0.1, -0.05) is 60.7 Å². The summed E-state index contributed by atoms with van der Waals surface area (Å²) in [5.41, 5.74) is 2.27. The van der Waals surface area contributed by atoms with E-state index >= 15 is 0 Å². The van der Waals surface area contributed by atoms with Gasteiger partial charge in [0, 0.05) is 39.3 Å². The lowest BCUT2D eigenvalue weighted by molar-refractivity contribution is -0.140. The van der Waals surface area contributed by atoms with Crippen molar-refractivity contribution in [3.8, 4) is 11.3 Å². The molecule has 0 fully saturated rings. The summed E-state index contributed by atoms with van der Waals surface area (Å²) in [6, 6.07) is 17.1. The van der Waals surface area contributed by atoms with Crippen molar-refractivity contribution in [2.75, 3.05) is 20.6 Å². The first kappa shape index (κ1) is 24.4. The van der Waals surface area contributed by atoms with E-state index < -0.39 is 23.6 Å².